The van der Waals surface area contributed by atoms with Crippen molar-refractivity contribution < 1.29 is 0 Å². The van der Waals surface area contributed by atoms with E-state index < -0.39 is 0 Å². The number of anilines is 2. The second-order valence-corrected chi connectivity index (χ2v) is 8.36. The molecule has 130 valence electrons. The van der Waals surface area contributed by atoms with Gasteiger partial charge in [-0.1, -0.05) is 6.42 Å². The number of fused-ring (bicyclic) bond motifs is 4. The van der Waals surface area contributed by atoms with E-state index in [0.717, 1.165) is 36.9 Å². The minimum atomic E-state index is -0.152. The lowest BCUT2D eigenvalue weighted by Crippen LogP contribution is -2.62. The third kappa shape index (κ3) is 2.51. The number of hydrogen-bond donors (Lipinski definition) is 2. The summed E-state index contributed by atoms with van der Waals surface area (Å²) in [5.74, 6) is 3.37. The molecule has 1 aliphatic carbocycles. The maximum absolute atomic E-state index is 11.7. The maximum atomic E-state index is 11.7. The summed E-state index contributed by atoms with van der Waals surface area (Å²) >= 11 is 0. The van der Waals surface area contributed by atoms with E-state index in [4.69, 9.17) is 5.73 Å². The van der Waals surface area contributed by atoms with Crippen molar-refractivity contribution in [2.75, 3.05) is 30.3 Å². The van der Waals surface area contributed by atoms with Gasteiger partial charge in [-0.2, -0.15) is 4.98 Å². The Morgan fingerprint density at radius 2 is 1.88 bits per heavy atom. The number of piperidine rings is 3. The van der Waals surface area contributed by atoms with Crippen LogP contribution in [-0.4, -0.2) is 46.6 Å². The third-order valence-corrected chi connectivity index (χ3v) is 6.67. The predicted molar refractivity (Wildman–Crippen MR) is 93.9 cm³/mol. The van der Waals surface area contributed by atoms with Gasteiger partial charge in [0, 0.05) is 37.8 Å². The van der Waals surface area contributed by atoms with Crippen LogP contribution in [0.3, 0.4) is 0 Å². The Morgan fingerprint density at radius 1 is 1.08 bits per heavy atom. The standard InChI is InChI=1S/C18H27N5O/c19-18-20-16(7-17(24)21-18)22-8-11-6-13(10-22)15-3-1-2-14(12-4-5-12)23(15)9-11/h7,11-15H,1-6,8-10H2,(H3,19,20,21,24)/t11-,13+,14+,15-/m0/s1. The van der Waals surface area contributed by atoms with Crippen molar-refractivity contribution in [3.8, 4) is 0 Å². The van der Waals surface area contributed by atoms with E-state index in [1.165, 1.54) is 45.1 Å². The van der Waals surface area contributed by atoms with Gasteiger partial charge in [0.1, 0.15) is 5.82 Å². The van der Waals surface area contributed by atoms with E-state index in [-0.39, 0.29) is 11.5 Å². The average Bonchev–Trinajstić information content (AvgIpc) is 3.38. The molecule has 3 aliphatic heterocycles. The predicted octanol–water partition coefficient (Wildman–Crippen LogP) is 1.44. The van der Waals surface area contributed by atoms with Crippen LogP contribution in [-0.2, 0) is 0 Å². The molecule has 4 heterocycles. The van der Waals surface area contributed by atoms with Crippen molar-refractivity contribution >= 4 is 11.8 Å². The average molecular weight is 329 g/mol. The normalized spacial score (nSPS) is 36.4. The number of H-pyrrole nitrogens is 1. The minimum Gasteiger partial charge on any atom is -0.369 e. The molecule has 0 unspecified atom stereocenters. The topological polar surface area (TPSA) is 78.2 Å². The molecule has 3 N–H and O–H groups in total. The molecule has 1 saturated carbocycles. The van der Waals surface area contributed by atoms with Crippen LogP contribution in [0.5, 0.6) is 0 Å². The summed E-state index contributed by atoms with van der Waals surface area (Å²) in [6.07, 6.45) is 8.39. The zero-order valence-electron chi connectivity index (χ0n) is 14.2. The van der Waals surface area contributed by atoms with Gasteiger partial charge in [0.15, 0.2) is 0 Å². The van der Waals surface area contributed by atoms with Gasteiger partial charge in [-0.15, -0.1) is 0 Å². The summed E-state index contributed by atoms with van der Waals surface area (Å²) in [5.41, 5.74) is 5.59. The van der Waals surface area contributed by atoms with Gasteiger partial charge >= 0.3 is 0 Å². The summed E-state index contributed by atoms with van der Waals surface area (Å²) in [6.45, 7) is 3.26. The van der Waals surface area contributed by atoms with Crippen LogP contribution < -0.4 is 16.2 Å². The smallest absolute Gasteiger partial charge is 0.254 e. The first-order chi connectivity index (χ1) is 11.7. The number of hydrogen-bond acceptors (Lipinski definition) is 5. The molecule has 24 heavy (non-hydrogen) atoms. The van der Waals surface area contributed by atoms with Crippen molar-refractivity contribution in [3.63, 3.8) is 0 Å². The van der Waals surface area contributed by atoms with Gasteiger partial charge in [0.05, 0.1) is 0 Å². The molecule has 3 saturated heterocycles. The Balaban J connectivity index is 1.39. The van der Waals surface area contributed by atoms with Crippen LogP contribution >= 0.6 is 0 Å². The lowest BCUT2D eigenvalue weighted by atomic mass is 9.74. The monoisotopic (exact) mass is 329 g/mol. The molecular weight excluding hydrogens is 302 g/mol. The Bertz CT molecular complexity index is 684. The first kappa shape index (κ1) is 14.8. The molecule has 1 aromatic rings. The van der Waals surface area contributed by atoms with Crippen LogP contribution in [0.15, 0.2) is 10.9 Å². The molecule has 6 heteroatoms. The molecule has 5 rings (SSSR count). The number of nitrogens with two attached hydrogens (primary N) is 1. The second-order valence-electron chi connectivity index (χ2n) is 8.36. The molecule has 0 radical (unpaired) electrons. The quantitative estimate of drug-likeness (QED) is 0.858. The minimum absolute atomic E-state index is 0.152. The van der Waals surface area contributed by atoms with Gasteiger partial charge in [0.25, 0.3) is 5.56 Å². The second kappa shape index (κ2) is 5.48. The molecule has 0 aromatic carbocycles. The van der Waals surface area contributed by atoms with Crippen LogP contribution in [0.2, 0.25) is 0 Å². The first-order valence-electron chi connectivity index (χ1n) is 9.55. The Hall–Kier alpha value is -1.56. The van der Waals surface area contributed by atoms with E-state index in [1.54, 1.807) is 6.07 Å². The van der Waals surface area contributed by atoms with Gasteiger partial charge in [-0.3, -0.25) is 14.7 Å². The van der Waals surface area contributed by atoms with Crippen LogP contribution in [0.4, 0.5) is 11.8 Å². The summed E-state index contributed by atoms with van der Waals surface area (Å²) in [6, 6.07) is 3.19. The highest BCUT2D eigenvalue weighted by Gasteiger charge is 2.48. The van der Waals surface area contributed by atoms with Gasteiger partial charge < -0.3 is 10.6 Å². The fourth-order valence-corrected chi connectivity index (χ4v) is 5.65. The summed E-state index contributed by atoms with van der Waals surface area (Å²) in [4.78, 5) is 23.9. The number of aromatic nitrogens is 2. The molecule has 0 amide bonds. The molecule has 4 atom stereocenters. The molecule has 4 aliphatic rings. The van der Waals surface area contributed by atoms with Crippen LogP contribution in [0, 0.1) is 17.8 Å². The van der Waals surface area contributed by atoms with Crippen molar-refractivity contribution in [3.05, 3.63) is 16.4 Å². The van der Waals surface area contributed by atoms with Crippen molar-refractivity contribution in [1.29, 1.82) is 0 Å². The van der Waals surface area contributed by atoms with Crippen LogP contribution in [0.1, 0.15) is 38.5 Å². The highest BCUT2D eigenvalue weighted by Crippen LogP contribution is 2.46. The zero-order chi connectivity index (χ0) is 16.3. The zero-order valence-corrected chi connectivity index (χ0v) is 14.2. The fourth-order valence-electron chi connectivity index (χ4n) is 5.65. The maximum Gasteiger partial charge on any atom is 0.254 e. The van der Waals surface area contributed by atoms with E-state index in [0.29, 0.717) is 11.8 Å². The van der Waals surface area contributed by atoms with Gasteiger partial charge in [-0.25, -0.2) is 0 Å². The first-order valence-corrected chi connectivity index (χ1v) is 9.55. The van der Waals surface area contributed by atoms with Crippen molar-refractivity contribution in [1.82, 2.24) is 14.9 Å². The third-order valence-electron chi connectivity index (χ3n) is 6.67. The van der Waals surface area contributed by atoms with E-state index >= 15 is 0 Å². The Morgan fingerprint density at radius 3 is 2.62 bits per heavy atom. The number of nitrogens with one attached hydrogen (secondary N) is 1. The van der Waals surface area contributed by atoms with Crippen molar-refractivity contribution in [2.24, 2.45) is 17.8 Å². The molecule has 6 nitrogen and oxygen atoms in total. The summed E-state index contributed by atoms with van der Waals surface area (Å²) < 4.78 is 0. The highest BCUT2D eigenvalue weighted by atomic mass is 16.1. The molecule has 4 fully saturated rings. The lowest BCUT2D eigenvalue weighted by Gasteiger charge is -2.55. The fraction of sp³-hybridized carbons (Fsp3) is 0.778. The molecule has 1 aromatic heterocycles. The summed E-state index contributed by atoms with van der Waals surface area (Å²) in [7, 11) is 0. The highest BCUT2D eigenvalue weighted by molar-refractivity contribution is 5.42. The number of nitrogen functional groups attached to an aromatic ring is 1. The van der Waals surface area contributed by atoms with E-state index in [9.17, 15) is 4.79 Å². The largest absolute Gasteiger partial charge is 0.369 e. The van der Waals surface area contributed by atoms with E-state index in [1.807, 2.05) is 0 Å². The molecule has 0 spiro atoms. The number of aromatic amines is 1. The number of rotatable bonds is 2. The van der Waals surface area contributed by atoms with Crippen molar-refractivity contribution in [2.45, 2.75) is 50.6 Å². The lowest BCUT2D eigenvalue weighted by molar-refractivity contribution is -0.0259. The molecule has 2 bridgehead atoms. The summed E-state index contributed by atoms with van der Waals surface area (Å²) in [5, 5.41) is 0. The molecular formula is C18H27N5O. The van der Waals surface area contributed by atoms with E-state index in [2.05, 4.69) is 19.8 Å². The van der Waals surface area contributed by atoms with Crippen LogP contribution in [0.25, 0.3) is 0 Å². The Kier molecular flexibility index (Phi) is 3.37. The Labute approximate surface area is 142 Å². The number of nitrogens with zero attached hydrogens (tertiary/aromatic N) is 3. The van der Waals surface area contributed by atoms with Gasteiger partial charge in [-0.05, 0) is 49.9 Å². The van der Waals surface area contributed by atoms with Gasteiger partial charge in [0.2, 0.25) is 5.95 Å². The SMILES string of the molecule is Nc1nc(N2C[C@@H]3C[C@H](C2)[C@@H]2CCC[C@H](C4CC4)N2C3)cc(=O)[nH]1.